The van der Waals surface area contributed by atoms with Crippen LogP contribution in [0.4, 0.5) is 15.8 Å². The Morgan fingerprint density at radius 2 is 1.65 bits per heavy atom. The molecule has 0 aromatic heterocycles. The van der Waals surface area contributed by atoms with E-state index >= 15 is 0 Å². The first-order valence-electron chi connectivity index (χ1n) is 10.9. The molecule has 0 radical (unpaired) electrons. The fourth-order valence-electron chi connectivity index (χ4n) is 3.76. The van der Waals surface area contributed by atoms with Crippen molar-refractivity contribution in [3.05, 3.63) is 89.7 Å². The second-order valence-corrected chi connectivity index (χ2v) is 9.71. The quantitative estimate of drug-likeness (QED) is 0.554. The van der Waals surface area contributed by atoms with E-state index in [4.69, 9.17) is 4.74 Å². The van der Waals surface area contributed by atoms with Crippen molar-refractivity contribution < 1.29 is 22.3 Å². The van der Waals surface area contributed by atoms with Crippen LogP contribution in [0.3, 0.4) is 0 Å². The highest BCUT2D eigenvalue weighted by Gasteiger charge is 2.21. The van der Waals surface area contributed by atoms with Crippen molar-refractivity contribution in [2.45, 2.75) is 11.4 Å². The maximum absolute atomic E-state index is 13.2. The van der Waals surface area contributed by atoms with Gasteiger partial charge in [0.05, 0.1) is 29.4 Å². The van der Waals surface area contributed by atoms with Gasteiger partial charge in [-0.1, -0.05) is 24.3 Å². The third-order valence-electron chi connectivity index (χ3n) is 5.60. The van der Waals surface area contributed by atoms with E-state index in [1.165, 1.54) is 23.1 Å². The minimum atomic E-state index is -3.99. The molecule has 1 fully saturated rings. The lowest BCUT2D eigenvalue weighted by Gasteiger charge is -2.29. The summed E-state index contributed by atoms with van der Waals surface area (Å²) in [6.45, 7) is 3.48. The Morgan fingerprint density at radius 1 is 1.00 bits per heavy atom. The molecule has 1 N–H and O–H groups in total. The molecule has 1 heterocycles. The van der Waals surface area contributed by atoms with Crippen molar-refractivity contribution in [1.29, 1.82) is 0 Å². The van der Waals surface area contributed by atoms with Crippen LogP contribution in [-0.4, -0.2) is 52.6 Å². The van der Waals surface area contributed by atoms with E-state index in [0.717, 1.165) is 36.5 Å². The van der Waals surface area contributed by atoms with Gasteiger partial charge in [-0.3, -0.25) is 9.52 Å². The Labute approximate surface area is 198 Å². The van der Waals surface area contributed by atoms with Gasteiger partial charge in [0.15, 0.2) is 0 Å². The number of anilines is 2. The zero-order valence-electron chi connectivity index (χ0n) is 18.8. The molecule has 0 bridgehead atoms. The van der Waals surface area contributed by atoms with Gasteiger partial charge < -0.3 is 14.5 Å². The van der Waals surface area contributed by atoms with Gasteiger partial charge in [0.1, 0.15) is 5.82 Å². The van der Waals surface area contributed by atoms with E-state index in [1.54, 1.807) is 25.2 Å². The monoisotopic (exact) mass is 483 g/mol. The number of halogens is 1. The Hall–Kier alpha value is -3.43. The first-order chi connectivity index (χ1) is 16.3. The molecule has 0 unspecified atom stereocenters. The number of carbonyl (C=O) groups excluding carboxylic acids is 1. The Bertz CT molecular complexity index is 1240. The summed E-state index contributed by atoms with van der Waals surface area (Å²) in [5, 5.41) is 0. The average molecular weight is 484 g/mol. The molecule has 0 spiro atoms. The van der Waals surface area contributed by atoms with Crippen molar-refractivity contribution in [2.75, 3.05) is 43.0 Å². The minimum absolute atomic E-state index is 0.0927. The van der Waals surface area contributed by atoms with Gasteiger partial charge in [-0.25, -0.2) is 12.8 Å². The van der Waals surface area contributed by atoms with Crippen LogP contribution < -0.4 is 9.62 Å². The molecule has 3 aromatic carbocycles. The molecule has 7 nitrogen and oxygen atoms in total. The first-order valence-corrected chi connectivity index (χ1v) is 12.4. The minimum Gasteiger partial charge on any atom is -0.378 e. The van der Waals surface area contributed by atoms with Gasteiger partial charge in [0, 0.05) is 32.4 Å². The van der Waals surface area contributed by atoms with Crippen LogP contribution in [0.25, 0.3) is 0 Å². The molecule has 0 saturated carbocycles. The zero-order valence-corrected chi connectivity index (χ0v) is 19.6. The molecule has 1 amide bonds. The number of carbonyl (C=O) groups is 1. The number of benzene rings is 3. The highest BCUT2D eigenvalue weighted by atomic mass is 32.2. The Kier molecular flexibility index (Phi) is 7.14. The van der Waals surface area contributed by atoms with E-state index in [1.807, 2.05) is 24.3 Å². The van der Waals surface area contributed by atoms with Crippen molar-refractivity contribution in [3.8, 4) is 0 Å². The molecule has 34 heavy (non-hydrogen) atoms. The summed E-state index contributed by atoms with van der Waals surface area (Å²) in [6, 6.07) is 18.9. The van der Waals surface area contributed by atoms with Crippen LogP contribution in [0.15, 0.2) is 77.7 Å². The van der Waals surface area contributed by atoms with Crippen LogP contribution in [-0.2, 0) is 21.3 Å². The maximum atomic E-state index is 13.2. The van der Waals surface area contributed by atoms with Gasteiger partial charge in [-0.15, -0.1) is 0 Å². The van der Waals surface area contributed by atoms with Gasteiger partial charge in [0.25, 0.3) is 15.9 Å². The predicted molar refractivity (Wildman–Crippen MR) is 129 cm³/mol. The van der Waals surface area contributed by atoms with Crippen LogP contribution >= 0.6 is 0 Å². The SMILES string of the molecule is CN(Cc1ccc(N2CCOCC2)cc1)C(=O)c1ccccc1NS(=O)(=O)c1ccc(F)cc1. The third-order valence-corrected chi connectivity index (χ3v) is 6.99. The molecule has 178 valence electrons. The number of amides is 1. The number of ether oxygens (including phenoxy) is 1. The molecule has 9 heteroatoms. The van der Waals surface area contributed by atoms with E-state index in [0.29, 0.717) is 19.8 Å². The van der Waals surface area contributed by atoms with Gasteiger partial charge in [-0.2, -0.15) is 0 Å². The van der Waals surface area contributed by atoms with Crippen molar-refractivity contribution in [2.24, 2.45) is 0 Å². The summed E-state index contributed by atoms with van der Waals surface area (Å²) in [6.07, 6.45) is 0. The lowest BCUT2D eigenvalue weighted by Crippen LogP contribution is -2.36. The number of para-hydroxylation sites is 1. The lowest BCUT2D eigenvalue weighted by atomic mass is 10.1. The summed E-state index contributed by atoms with van der Waals surface area (Å²) in [5.41, 5.74) is 2.45. The number of morpholine rings is 1. The number of sulfonamides is 1. The van der Waals surface area contributed by atoms with E-state index < -0.39 is 15.8 Å². The first kappa shape index (κ1) is 23.7. The number of hydrogen-bond donors (Lipinski definition) is 1. The Morgan fingerprint density at radius 3 is 2.32 bits per heavy atom. The topological polar surface area (TPSA) is 79.0 Å². The zero-order chi connectivity index (χ0) is 24.1. The Balaban J connectivity index is 1.47. The highest BCUT2D eigenvalue weighted by Crippen LogP contribution is 2.23. The van der Waals surface area contributed by atoms with Crippen molar-refractivity contribution >= 4 is 27.3 Å². The molecule has 4 rings (SSSR count). The molecule has 0 aliphatic carbocycles. The van der Waals surface area contributed by atoms with E-state index in [2.05, 4.69) is 9.62 Å². The molecular formula is C25H26FN3O4S. The van der Waals surface area contributed by atoms with E-state index in [9.17, 15) is 17.6 Å². The smallest absolute Gasteiger partial charge is 0.261 e. The third kappa shape index (κ3) is 5.55. The van der Waals surface area contributed by atoms with Crippen LogP contribution in [0.1, 0.15) is 15.9 Å². The number of hydrogen-bond acceptors (Lipinski definition) is 5. The summed E-state index contributed by atoms with van der Waals surface area (Å²) < 4.78 is 46.5. The van der Waals surface area contributed by atoms with Gasteiger partial charge in [-0.05, 0) is 54.1 Å². The lowest BCUT2D eigenvalue weighted by molar-refractivity contribution is 0.0786. The number of nitrogens with one attached hydrogen (secondary N) is 1. The predicted octanol–water partition coefficient (Wildman–Crippen LogP) is 3.74. The van der Waals surface area contributed by atoms with E-state index in [-0.39, 0.29) is 22.1 Å². The number of rotatable bonds is 7. The fourth-order valence-corrected chi connectivity index (χ4v) is 4.84. The largest absolute Gasteiger partial charge is 0.378 e. The second-order valence-electron chi connectivity index (χ2n) is 8.03. The molecule has 3 aromatic rings. The highest BCUT2D eigenvalue weighted by molar-refractivity contribution is 7.92. The summed E-state index contributed by atoms with van der Waals surface area (Å²) in [5.74, 6) is -0.858. The molecular weight excluding hydrogens is 457 g/mol. The van der Waals surface area contributed by atoms with Crippen LogP contribution in [0, 0.1) is 5.82 Å². The molecule has 0 atom stereocenters. The van der Waals surface area contributed by atoms with Crippen LogP contribution in [0.2, 0.25) is 0 Å². The normalized spacial score (nSPS) is 14.0. The van der Waals surface area contributed by atoms with Gasteiger partial charge in [0.2, 0.25) is 0 Å². The molecule has 1 saturated heterocycles. The maximum Gasteiger partial charge on any atom is 0.261 e. The van der Waals surface area contributed by atoms with Crippen LogP contribution in [0.5, 0.6) is 0 Å². The van der Waals surface area contributed by atoms with Gasteiger partial charge >= 0.3 is 0 Å². The standard InChI is InChI=1S/C25H26FN3O4S/c1-28(18-19-6-10-21(11-7-19)29-14-16-33-17-15-29)25(30)23-4-2-3-5-24(23)27-34(31,32)22-12-8-20(26)9-13-22/h2-13,27H,14-18H2,1H3. The average Bonchev–Trinajstić information content (AvgIpc) is 2.85. The second kappa shape index (κ2) is 10.2. The molecule has 1 aliphatic heterocycles. The van der Waals surface area contributed by atoms with Crippen molar-refractivity contribution in [1.82, 2.24) is 4.90 Å². The number of nitrogens with zero attached hydrogens (tertiary/aromatic N) is 2. The van der Waals surface area contributed by atoms with Crippen molar-refractivity contribution in [3.63, 3.8) is 0 Å². The summed E-state index contributed by atoms with van der Waals surface area (Å²) >= 11 is 0. The molecule has 1 aliphatic rings. The fraction of sp³-hybridized carbons (Fsp3) is 0.240. The summed E-state index contributed by atoms with van der Waals surface area (Å²) in [7, 11) is -2.32. The summed E-state index contributed by atoms with van der Waals surface area (Å²) in [4.78, 5) is 16.9.